The molecular formula is C25H25FN2O2S. The highest BCUT2D eigenvalue weighted by Crippen LogP contribution is 2.40. The van der Waals surface area contributed by atoms with Crippen LogP contribution in [0.15, 0.2) is 83.8 Å². The Morgan fingerprint density at radius 2 is 1.65 bits per heavy atom. The van der Waals surface area contributed by atoms with Crippen LogP contribution in [0, 0.1) is 11.7 Å². The summed E-state index contributed by atoms with van der Waals surface area (Å²) in [5.74, 6) is -0.0626. The van der Waals surface area contributed by atoms with Gasteiger partial charge in [0, 0.05) is 38.6 Å². The Kier molecular flexibility index (Phi) is 5.38. The topological polar surface area (TPSA) is 40.6 Å². The van der Waals surface area contributed by atoms with Crippen molar-refractivity contribution in [3.63, 3.8) is 0 Å². The van der Waals surface area contributed by atoms with Crippen LogP contribution >= 0.6 is 0 Å². The second-order valence-electron chi connectivity index (χ2n) is 8.50. The molecule has 0 aliphatic carbocycles. The normalized spacial score (nSPS) is 22.0. The highest BCUT2D eigenvalue weighted by Gasteiger charge is 2.41. The van der Waals surface area contributed by atoms with E-state index < -0.39 is 15.8 Å². The summed E-state index contributed by atoms with van der Waals surface area (Å²) in [4.78, 5) is 2.43. The van der Waals surface area contributed by atoms with Gasteiger partial charge in [-0.15, -0.1) is 0 Å². The molecule has 2 atom stereocenters. The maximum Gasteiger partial charge on any atom is 0.243 e. The molecule has 2 aliphatic rings. The van der Waals surface area contributed by atoms with E-state index in [1.807, 2.05) is 36.4 Å². The Balaban J connectivity index is 1.47. The van der Waals surface area contributed by atoms with Gasteiger partial charge in [-0.2, -0.15) is 4.31 Å². The van der Waals surface area contributed by atoms with Gasteiger partial charge in [0.25, 0.3) is 0 Å². The largest absolute Gasteiger partial charge is 0.298 e. The summed E-state index contributed by atoms with van der Waals surface area (Å²) >= 11 is 0. The molecule has 0 amide bonds. The lowest BCUT2D eigenvalue weighted by atomic mass is 9.87. The van der Waals surface area contributed by atoms with Crippen molar-refractivity contribution in [2.75, 3.05) is 19.6 Å². The van der Waals surface area contributed by atoms with Crippen LogP contribution in [0.5, 0.6) is 0 Å². The van der Waals surface area contributed by atoms with E-state index in [1.54, 1.807) is 0 Å². The second-order valence-corrected chi connectivity index (χ2v) is 10.4. The van der Waals surface area contributed by atoms with Gasteiger partial charge in [0.1, 0.15) is 5.82 Å². The van der Waals surface area contributed by atoms with Crippen LogP contribution in [0.2, 0.25) is 0 Å². The number of rotatable bonds is 4. The molecule has 2 aliphatic heterocycles. The first-order valence-corrected chi connectivity index (χ1v) is 12.0. The quantitative estimate of drug-likeness (QED) is 0.614. The van der Waals surface area contributed by atoms with E-state index in [1.165, 1.54) is 33.6 Å². The maximum atomic E-state index is 13.8. The molecule has 0 aromatic heterocycles. The minimum atomic E-state index is -3.79. The summed E-state index contributed by atoms with van der Waals surface area (Å²) in [6.45, 7) is 3.35. The van der Waals surface area contributed by atoms with Crippen molar-refractivity contribution in [3.05, 3.63) is 101 Å². The number of likely N-dealkylation sites (tertiary alicyclic amines) is 1. The molecule has 3 aromatic rings. The fourth-order valence-corrected chi connectivity index (χ4v) is 6.49. The molecule has 0 saturated carbocycles. The third-order valence-electron chi connectivity index (χ3n) is 6.44. The number of benzene rings is 3. The van der Waals surface area contributed by atoms with E-state index in [2.05, 4.69) is 23.1 Å². The van der Waals surface area contributed by atoms with Gasteiger partial charge >= 0.3 is 0 Å². The summed E-state index contributed by atoms with van der Waals surface area (Å²) in [6.07, 6.45) is 0. The Labute approximate surface area is 183 Å². The Bertz CT molecular complexity index is 1180. The van der Waals surface area contributed by atoms with Gasteiger partial charge in [0.05, 0.1) is 4.90 Å². The summed E-state index contributed by atoms with van der Waals surface area (Å²) in [6, 6.07) is 23.8. The molecule has 160 valence electrons. The lowest BCUT2D eigenvalue weighted by Gasteiger charge is -2.24. The summed E-state index contributed by atoms with van der Waals surface area (Å²) in [7, 11) is -3.79. The lowest BCUT2D eigenvalue weighted by molar-refractivity contribution is 0.293. The van der Waals surface area contributed by atoms with E-state index in [9.17, 15) is 12.8 Å². The van der Waals surface area contributed by atoms with Crippen LogP contribution in [-0.2, 0) is 23.1 Å². The molecule has 0 bridgehead atoms. The van der Waals surface area contributed by atoms with Gasteiger partial charge in [-0.05, 0) is 40.8 Å². The molecule has 1 saturated heterocycles. The molecule has 0 radical (unpaired) electrons. The molecule has 31 heavy (non-hydrogen) atoms. The zero-order chi connectivity index (χ0) is 21.4. The molecule has 0 spiro atoms. The average molecular weight is 437 g/mol. The zero-order valence-electron chi connectivity index (χ0n) is 17.2. The Morgan fingerprint density at radius 3 is 2.45 bits per heavy atom. The van der Waals surface area contributed by atoms with Crippen molar-refractivity contribution >= 4 is 10.0 Å². The number of hydrogen-bond acceptors (Lipinski definition) is 3. The van der Waals surface area contributed by atoms with Gasteiger partial charge in [0.15, 0.2) is 0 Å². The van der Waals surface area contributed by atoms with Crippen molar-refractivity contribution in [2.24, 2.45) is 5.92 Å². The molecular weight excluding hydrogens is 411 g/mol. The number of hydrogen-bond donors (Lipinski definition) is 0. The summed E-state index contributed by atoms with van der Waals surface area (Å²) < 4.78 is 42.1. The molecule has 5 rings (SSSR count). The first-order valence-electron chi connectivity index (χ1n) is 10.6. The predicted octanol–water partition coefficient (Wildman–Crippen LogP) is 4.25. The molecule has 4 nitrogen and oxygen atoms in total. The smallest absolute Gasteiger partial charge is 0.243 e. The van der Waals surface area contributed by atoms with Gasteiger partial charge in [0.2, 0.25) is 10.0 Å². The number of nitrogens with zero attached hydrogens (tertiary/aromatic N) is 2. The number of sulfonamides is 1. The van der Waals surface area contributed by atoms with Crippen LogP contribution < -0.4 is 0 Å². The van der Waals surface area contributed by atoms with E-state index in [0.717, 1.165) is 31.3 Å². The molecule has 6 heteroatoms. The molecule has 0 unspecified atom stereocenters. The monoisotopic (exact) mass is 436 g/mol. The molecule has 0 N–H and O–H groups in total. The fraction of sp³-hybridized carbons (Fsp3) is 0.280. The third-order valence-corrected chi connectivity index (χ3v) is 8.25. The zero-order valence-corrected chi connectivity index (χ0v) is 18.0. The fourth-order valence-electron chi connectivity index (χ4n) is 4.98. The minimum Gasteiger partial charge on any atom is -0.298 e. The van der Waals surface area contributed by atoms with Crippen molar-refractivity contribution in [1.29, 1.82) is 0 Å². The SMILES string of the molecule is O=S(=O)(c1cccc(F)c1)N1Cc2ccccc2[C@H]2CN(Cc3ccccc3)C[C@@H]2C1. The van der Waals surface area contributed by atoms with E-state index >= 15 is 0 Å². The van der Waals surface area contributed by atoms with Gasteiger partial charge in [-0.1, -0.05) is 60.7 Å². The predicted molar refractivity (Wildman–Crippen MR) is 118 cm³/mol. The van der Waals surface area contributed by atoms with E-state index in [4.69, 9.17) is 0 Å². The summed E-state index contributed by atoms with van der Waals surface area (Å²) in [5.41, 5.74) is 3.54. The van der Waals surface area contributed by atoms with Crippen molar-refractivity contribution in [2.45, 2.75) is 23.9 Å². The highest BCUT2D eigenvalue weighted by molar-refractivity contribution is 7.89. The number of halogens is 1. The molecule has 3 aromatic carbocycles. The van der Waals surface area contributed by atoms with Crippen LogP contribution in [0.1, 0.15) is 22.6 Å². The van der Waals surface area contributed by atoms with Gasteiger partial charge < -0.3 is 0 Å². The highest BCUT2D eigenvalue weighted by atomic mass is 32.2. The van der Waals surface area contributed by atoms with Crippen molar-refractivity contribution in [3.8, 4) is 0 Å². The Morgan fingerprint density at radius 1 is 0.871 bits per heavy atom. The third kappa shape index (κ3) is 4.03. The minimum absolute atomic E-state index is 0.0163. The molecule has 2 heterocycles. The van der Waals surface area contributed by atoms with E-state index in [0.29, 0.717) is 13.1 Å². The van der Waals surface area contributed by atoms with Crippen LogP contribution in [0.3, 0.4) is 0 Å². The average Bonchev–Trinajstić information content (AvgIpc) is 3.09. The maximum absolute atomic E-state index is 13.8. The van der Waals surface area contributed by atoms with Crippen LogP contribution in [-0.4, -0.2) is 37.3 Å². The number of fused-ring (bicyclic) bond motifs is 3. The van der Waals surface area contributed by atoms with Gasteiger partial charge in [-0.25, -0.2) is 12.8 Å². The molecule has 1 fully saturated rings. The second kappa shape index (κ2) is 8.19. The standard InChI is InChI=1S/C25H25FN2O2S/c26-22-10-6-11-23(13-22)31(29,30)28-16-20-9-4-5-12-24(20)25-18-27(15-21(25)17-28)14-19-7-2-1-3-8-19/h1-13,21,25H,14-18H2/t21-,25+/m1/s1. The lowest BCUT2D eigenvalue weighted by Crippen LogP contribution is -2.35. The van der Waals surface area contributed by atoms with Crippen LogP contribution in [0.4, 0.5) is 4.39 Å². The van der Waals surface area contributed by atoms with E-state index in [-0.39, 0.29) is 16.7 Å². The Hall–Kier alpha value is -2.54. The first kappa shape index (κ1) is 20.4. The van der Waals surface area contributed by atoms with Crippen LogP contribution in [0.25, 0.3) is 0 Å². The van der Waals surface area contributed by atoms with Gasteiger partial charge in [-0.3, -0.25) is 4.90 Å². The van der Waals surface area contributed by atoms with Crippen molar-refractivity contribution in [1.82, 2.24) is 9.21 Å². The first-order chi connectivity index (χ1) is 15.0. The van der Waals surface area contributed by atoms with Crippen molar-refractivity contribution < 1.29 is 12.8 Å². The summed E-state index contributed by atoms with van der Waals surface area (Å²) in [5, 5.41) is 0.